The largest absolute Gasteiger partial charge is 0.387 e. The number of hydrogen-bond donors (Lipinski definition) is 3. The van der Waals surface area contributed by atoms with E-state index in [1.165, 1.54) is 6.92 Å². The Kier molecular flexibility index (Phi) is 5.99. The summed E-state index contributed by atoms with van der Waals surface area (Å²) in [6.45, 7) is 8.58. The number of rotatable bonds is 6. The fourth-order valence-corrected chi connectivity index (χ4v) is 1.79. The lowest BCUT2D eigenvalue weighted by molar-refractivity contribution is -0.114. The minimum atomic E-state index is -0.551. The molecule has 4 nitrogen and oxygen atoms in total. The van der Waals surface area contributed by atoms with Gasteiger partial charge in [0, 0.05) is 18.7 Å². The molecule has 0 heterocycles. The summed E-state index contributed by atoms with van der Waals surface area (Å²) in [6.07, 6.45) is -0.551. The summed E-state index contributed by atoms with van der Waals surface area (Å²) in [4.78, 5) is 10.9. The van der Waals surface area contributed by atoms with Crippen molar-refractivity contribution in [3.05, 3.63) is 29.8 Å². The average Bonchev–Trinajstić information content (AvgIpc) is 2.35. The highest BCUT2D eigenvalue weighted by Crippen LogP contribution is 2.19. The molecular formula is C15H24N2O2. The van der Waals surface area contributed by atoms with Crippen molar-refractivity contribution >= 4 is 11.6 Å². The van der Waals surface area contributed by atoms with Gasteiger partial charge in [-0.25, -0.2) is 0 Å². The Morgan fingerprint density at radius 3 is 2.26 bits per heavy atom. The van der Waals surface area contributed by atoms with Gasteiger partial charge in [-0.15, -0.1) is 0 Å². The SMILES string of the molecule is CC(=O)Nc1ccc(C(O)C(C)NCC(C)C)cc1. The van der Waals surface area contributed by atoms with E-state index in [0.717, 1.165) is 17.8 Å². The van der Waals surface area contributed by atoms with Gasteiger partial charge < -0.3 is 15.7 Å². The van der Waals surface area contributed by atoms with Crippen LogP contribution in [-0.4, -0.2) is 23.6 Å². The van der Waals surface area contributed by atoms with Gasteiger partial charge in [-0.1, -0.05) is 26.0 Å². The van der Waals surface area contributed by atoms with E-state index in [4.69, 9.17) is 0 Å². The van der Waals surface area contributed by atoms with Crippen LogP contribution >= 0.6 is 0 Å². The number of benzene rings is 1. The normalized spacial score (nSPS) is 14.2. The monoisotopic (exact) mass is 264 g/mol. The number of hydrogen-bond acceptors (Lipinski definition) is 3. The molecule has 106 valence electrons. The first kappa shape index (κ1) is 15.7. The third kappa shape index (κ3) is 5.41. The van der Waals surface area contributed by atoms with Crippen molar-refractivity contribution in [2.75, 3.05) is 11.9 Å². The maximum Gasteiger partial charge on any atom is 0.221 e. The highest BCUT2D eigenvalue weighted by molar-refractivity contribution is 5.88. The summed E-state index contributed by atoms with van der Waals surface area (Å²) in [7, 11) is 0. The van der Waals surface area contributed by atoms with Crippen molar-refractivity contribution in [1.82, 2.24) is 5.32 Å². The zero-order valence-corrected chi connectivity index (χ0v) is 12.1. The number of nitrogens with one attached hydrogen (secondary N) is 2. The van der Waals surface area contributed by atoms with E-state index >= 15 is 0 Å². The standard InChI is InChI=1S/C15H24N2O2/c1-10(2)9-16-11(3)15(19)13-5-7-14(8-6-13)17-12(4)18/h5-8,10-11,15-16,19H,9H2,1-4H3,(H,17,18). The van der Waals surface area contributed by atoms with E-state index in [1.54, 1.807) is 12.1 Å². The summed E-state index contributed by atoms with van der Waals surface area (Å²) in [5.74, 6) is 0.456. The van der Waals surface area contributed by atoms with Crippen molar-refractivity contribution in [1.29, 1.82) is 0 Å². The maximum atomic E-state index is 10.9. The Hall–Kier alpha value is -1.39. The van der Waals surface area contributed by atoms with Crippen molar-refractivity contribution in [2.45, 2.75) is 39.8 Å². The Morgan fingerprint density at radius 2 is 1.79 bits per heavy atom. The van der Waals surface area contributed by atoms with Crippen LogP contribution in [0.2, 0.25) is 0 Å². The van der Waals surface area contributed by atoms with Gasteiger partial charge in [0.1, 0.15) is 0 Å². The molecule has 1 aromatic carbocycles. The lowest BCUT2D eigenvalue weighted by Gasteiger charge is -2.22. The first-order chi connectivity index (χ1) is 8.90. The Balaban J connectivity index is 2.61. The van der Waals surface area contributed by atoms with Gasteiger partial charge in [-0.05, 0) is 37.1 Å². The maximum absolute atomic E-state index is 10.9. The van der Waals surface area contributed by atoms with Crippen molar-refractivity contribution in [2.24, 2.45) is 5.92 Å². The number of aliphatic hydroxyl groups is 1. The Labute approximate surface area is 115 Å². The molecule has 0 saturated heterocycles. The van der Waals surface area contributed by atoms with E-state index in [1.807, 2.05) is 19.1 Å². The molecule has 2 unspecified atom stereocenters. The number of anilines is 1. The predicted octanol–water partition coefficient (Wildman–Crippen LogP) is 2.31. The molecule has 2 atom stereocenters. The van der Waals surface area contributed by atoms with Gasteiger partial charge in [0.25, 0.3) is 0 Å². The minimum absolute atomic E-state index is 0.00554. The molecule has 1 rings (SSSR count). The number of carbonyl (C=O) groups excluding carboxylic acids is 1. The fourth-order valence-electron chi connectivity index (χ4n) is 1.79. The number of amides is 1. The van der Waals surface area contributed by atoms with Crippen LogP contribution in [0.4, 0.5) is 5.69 Å². The molecule has 0 aliphatic carbocycles. The second-order valence-corrected chi connectivity index (χ2v) is 5.34. The quantitative estimate of drug-likeness (QED) is 0.739. The van der Waals surface area contributed by atoms with Crippen LogP contribution in [0.25, 0.3) is 0 Å². The topological polar surface area (TPSA) is 61.4 Å². The van der Waals surface area contributed by atoms with Crippen LogP contribution in [0.3, 0.4) is 0 Å². The van der Waals surface area contributed by atoms with Gasteiger partial charge >= 0.3 is 0 Å². The zero-order valence-electron chi connectivity index (χ0n) is 12.1. The van der Waals surface area contributed by atoms with Gasteiger partial charge in [0.05, 0.1) is 6.10 Å². The molecule has 0 aromatic heterocycles. The fraction of sp³-hybridized carbons (Fsp3) is 0.533. The molecule has 19 heavy (non-hydrogen) atoms. The molecular weight excluding hydrogens is 240 g/mol. The second kappa shape index (κ2) is 7.26. The summed E-state index contributed by atoms with van der Waals surface area (Å²) >= 11 is 0. The van der Waals surface area contributed by atoms with Crippen LogP contribution in [0.5, 0.6) is 0 Å². The molecule has 0 bridgehead atoms. The smallest absolute Gasteiger partial charge is 0.221 e. The first-order valence-corrected chi connectivity index (χ1v) is 6.69. The molecule has 0 radical (unpaired) electrons. The van der Waals surface area contributed by atoms with E-state index in [9.17, 15) is 9.90 Å². The molecule has 0 saturated carbocycles. The molecule has 1 amide bonds. The lowest BCUT2D eigenvalue weighted by atomic mass is 10.0. The third-order valence-corrected chi connectivity index (χ3v) is 2.89. The summed E-state index contributed by atoms with van der Waals surface area (Å²) in [5, 5.41) is 16.2. The summed E-state index contributed by atoms with van der Waals surface area (Å²) < 4.78 is 0. The highest BCUT2D eigenvalue weighted by atomic mass is 16.3. The summed E-state index contributed by atoms with van der Waals surface area (Å²) in [6, 6.07) is 7.27. The van der Waals surface area contributed by atoms with Crippen molar-refractivity contribution in [3.8, 4) is 0 Å². The molecule has 0 aliphatic heterocycles. The van der Waals surface area contributed by atoms with E-state index < -0.39 is 6.10 Å². The average molecular weight is 264 g/mol. The molecule has 4 heteroatoms. The molecule has 1 aromatic rings. The van der Waals surface area contributed by atoms with Gasteiger partial charge in [0.2, 0.25) is 5.91 Å². The van der Waals surface area contributed by atoms with E-state index in [0.29, 0.717) is 5.92 Å². The molecule has 3 N–H and O–H groups in total. The third-order valence-electron chi connectivity index (χ3n) is 2.89. The second-order valence-electron chi connectivity index (χ2n) is 5.34. The molecule has 0 aliphatic rings. The van der Waals surface area contributed by atoms with Crippen molar-refractivity contribution in [3.63, 3.8) is 0 Å². The molecule has 0 fully saturated rings. The Bertz CT molecular complexity index is 401. The Morgan fingerprint density at radius 1 is 1.21 bits per heavy atom. The van der Waals surface area contributed by atoms with E-state index in [2.05, 4.69) is 24.5 Å². The van der Waals surface area contributed by atoms with Gasteiger partial charge in [-0.2, -0.15) is 0 Å². The highest BCUT2D eigenvalue weighted by Gasteiger charge is 2.16. The van der Waals surface area contributed by atoms with Gasteiger partial charge in [0.15, 0.2) is 0 Å². The zero-order chi connectivity index (χ0) is 14.4. The predicted molar refractivity (Wildman–Crippen MR) is 78.0 cm³/mol. The molecule has 0 spiro atoms. The number of carbonyl (C=O) groups is 1. The van der Waals surface area contributed by atoms with Crippen LogP contribution in [0, 0.1) is 5.92 Å². The van der Waals surface area contributed by atoms with Crippen LogP contribution in [0.15, 0.2) is 24.3 Å². The van der Waals surface area contributed by atoms with Crippen molar-refractivity contribution < 1.29 is 9.90 Å². The lowest BCUT2D eigenvalue weighted by Crippen LogP contribution is -2.34. The van der Waals surface area contributed by atoms with Gasteiger partial charge in [-0.3, -0.25) is 4.79 Å². The van der Waals surface area contributed by atoms with Crippen LogP contribution in [-0.2, 0) is 4.79 Å². The van der Waals surface area contributed by atoms with E-state index in [-0.39, 0.29) is 11.9 Å². The van der Waals surface area contributed by atoms with Crippen LogP contribution < -0.4 is 10.6 Å². The number of aliphatic hydroxyl groups excluding tert-OH is 1. The minimum Gasteiger partial charge on any atom is -0.387 e. The first-order valence-electron chi connectivity index (χ1n) is 6.69. The summed E-state index contributed by atoms with van der Waals surface area (Å²) in [5.41, 5.74) is 1.59. The van der Waals surface area contributed by atoms with Crippen LogP contribution in [0.1, 0.15) is 39.4 Å².